The highest BCUT2D eigenvalue weighted by Gasteiger charge is 2.37. The third-order valence-corrected chi connectivity index (χ3v) is 5.18. The Balaban J connectivity index is 1.42. The SMILES string of the molecule is O=C(NCC1(O)CCc2ccccc21)C1COc2ccc(F)cc2C1. The minimum atomic E-state index is -1.02. The molecule has 130 valence electrons. The monoisotopic (exact) mass is 341 g/mol. The fourth-order valence-electron chi connectivity index (χ4n) is 3.76. The second-order valence-corrected chi connectivity index (χ2v) is 6.87. The second-order valence-electron chi connectivity index (χ2n) is 6.87. The molecule has 0 saturated heterocycles. The number of nitrogens with one attached hydrogen (secondary N) is 1. The minimum absolute atomic E-state index is 0.173. The Morgan fingerprint density at radius 3 is 3.00 bits per heavy atom. The molecule has 4 nitrogen and oxygen atoms in total. The number of ether oxygens (including phenoxy) is 1. The van der Waals surface area contributed by atoms with E-state index in [0.29, 0.717) is 24.2 Å². The summed E-state index contributed by atoms with van der Waals surface area (Å²) in [4.78, 5) is 12.5. The van der Waals surface area contributed by atoms with Crippen LogP contribution in [-0.2, 0) is 23.2 Å². The van der Waals surface area contributed by atoms with Gasteiger partial charge in [-0.05, 0) is 54.2 Å². The zero-order valence-corrected chi connectivity index (χ0v) is 13.8. The summed E-state index contributed by atoms with van der Waals surface area (Å²) >= 11 is 0. The number of carbonyl (C=O) groups excluding carboxylic acids is 1. The van der Waals surface area contributed by atoms with Crippen molar-refractivity contribution in [3.05, 3.63) is 65.0 Å². The molecule has 1 aliphatic heterocycles. The predicted octanol–water partition coefficient (Wildman–Crippen LogP) is 2.33. The van der Waals surface area contributed by atoms with E-state index in [9.17, 15) is 14.3 Å². The first-order valence-electron chi connectivity index (χ1n) is 8.55. The summed E-state index contributed by atoms with van der Waals surface area (Å²) in [6, 6.07) is 12.1. The Morgan fingerprint density at radius 2 is 2.12 bits per heavy atom. The highest BCUT2D eigenvalue weighted by molar-refractivity contribution is 5.79. The van der Waals surface area contributed by atoms with Crippen molar-refractivity contribution in [2.24, 2.45) is 5.92 Å². The van der Waals surface area contributed by atoms with E-state index in [1.165, 1.54) is 12.1 Å². The summed E-state index contributed by atoms with van der Waals surface area (Å²) in [5, 5.41) is 13.7. The van der Waals surface area contributed by atoms with Crippen LogP contribution in [0, 0.1) is 11.7 Å². The standard InChI is InChI=1S/C20H20FNO3/c21-16-5-6-18-14(10-16)9-15(11-25-18)19(23)22-12-20(24)8-7-13-3-1-2-4-17(13)20/h1-6,10,15,24H,7-9,11-12H2,(H,22,23). The van der Waals surface area contributed by atoms with Gasteiger partial charge in [0, 0.05) is 0 Å². The zero-order valence-electron chi connectivity index (χ0n) is 13.8. The number of rotatable bonds is 3. The molecule has 2 atom stereocenters. The molecule has 4 rings (SSSR count). The van der Waals surface area contributed by atoms with E-state index in [-0.39, 0.29) is 30.8 Å². The van der Waals surface area contributed by atoms with Gasteiger partial charge in [0.25, 0.3) is 0 Å². The van der Waals surface area contributed by atoms with E-state index in [4.69, 9.17) is 4.74 Å². The maximum absolute atomic E-state index is 13.4. The predicted molar refractivity (Wildman–Crippen MR) is 90.8 cm³/mol. The summed E-state index contributed by atoms with van der Waals surface area (Å²) in [5.41, 5.74) is 1.70. The molecule has 1 amide bonds. The quantitative estimate of drug-likeness (QED) is 0.901. The van der Waals surface area contributed by atoms with Crippen LogP contribution >= 0.6 is 0 Å². The average Bonchev–Trinajstić information content (AvgIpc) is 2.97. The van der Waals surface area contributed by atoms with E-state index >= 15 is 0 Å². The topological polar surface area (TPSA) is 58.6 Å². The highest BCUT2D eigenvalue weighted by atomic mass is 19.1. The zero-order chi connectivity index (χ0) is 17.4. The molecule has 0 radical (unpaired) electrons. The van der Waals surface area contributed by atoms with Gasteiger partial charge < -0.3 is 15.2 Å². The first-order valence-corrected chi connectivity index (χ1v) is 8.55. The lowest BCUT2D eigenvalue weighted by molar-refractivity contribution is -0.127. The number of amides is 1. The molecule has 1 aliphatic carbocycles. The Kier molecular flexibility index (Phi) is 3.96. The summed E-state index contributed by atoms with van der Waals surface area (Å²) in [7, 11) is 0. The molecule has 25 heavy (non-hydrogen) atoms. The van der Waals surface area contributed by atoms with Crippen molar-refractivity contribution >= 4 is 5.91 Å². The number of carbonyl (C=O) groups is 1. The first-order chi connectivity index (χ1) is 12.0. The van der Waals surface area contributed by atoms with Gasteiger partial charge in [-0.3, -0.25) is 4.79 Å². The number of hydrogen-bond acceptors (Lipinski definition) is 3. The number of aryl methyl sites for hydroxylation is 1. The molecule has 2 unspecified atom stereocenters. The number of fused-ring (bicyclic) bond motifs is 2. The van der Waals surface area contributed by atoms with Crippen LogP contribution in [0.15, 0.2) is 42.5 Å². The molecule has 2 N–H and O–H groups in total. The minimum Gasteiger partial charge on any atom is -0.492 e. The molecule has 2 aromatic rings. The average molecular weight is 341 g/mol. The molecular formula is C20H20FNO3. The van der Waals surface area contributed by atoms with Crippen molar-refractivity contribution in [2.75, 3.05) is 13.2 Å². The molecule has 1 heterocycles. The number of halogens is 1. The van der Waals surface area contributed by atoms with Crippen LogP contribution in [0.4, 0.5) is 4.39 Å². The summed E-state index contributed by atoms with van der Waals surface area (Å²) in [6.07, 6.45) is 1.84. The molecular weight excluding hydrogens is 321 g/mol. The van der Waals surface area contributed by atoms with E-state index < -0.39 is 5.60 Å². The van der Waals surface area contributed by atoms with Crippen molar-refractivity contribution in [3.8, 4) is 5.75 Å². The molecule has 0 saturated carbocycles. The van der Waals surface area contributed by atoms with E-state index in [2.05, 4.69) is 5.32 Å². The lowest BCUT2D eigenvalue weighted by atomic mass is 9.93. The largest absolute Gasteiger partial charge is 0.492 e. The van der Waals surface area contributed by atoms with Gasteiger partial charge in [-0.15, -0.1) is 0 Å². The van der Waals surface area contributed by atoms with Crippen LogP contribution in [0.25, 0.3) is 0 Å². The van der Waals surface area contributed by atoms with E-state index in [1.807, 2.05) is 24.3 Å². The third kappa shape index (κ3) is 3.00. The fourth-order valence-corrected chi connectivity index (χ4v) is 3.76. The normalized spacial score (nSPS) is 24.2. The van der Waals surface area contributed by atoms with Crippen molar-refractivity contribution in [3.63, 3.8) is 0 Å². The van der Waals surface area contributed by atoms with Gasteiger partial charge in [0.15, 0.2) is 0 Å². The lowest BCUT2D eigenvalue weighted by Crippen LogP contribution is -2.44. The van der Waals surface area contributed by atoms with Crippen LogP contribution in [0.1, 0.15) is 23.1 Å². The third-order valence-electron chi connectivity index (χ3n) is 5.18. The highest BCUT2D eigenvalue weighted by Crippen LogP contribution is 2.36. The van der Waals surface area contributed by atoms with Gasteiger partial charge in [0.05, 0.1) is 12.5 Å². The van der Waals surface area contributed by atoms with Crippen LogP contribution < -0.4 is 10.1 Å². The Labute approximate surface area is 145 Å². The van der Waals surface area contributed by atoms with Crippen molar-refractivity contribution in [1.29, 1.82) is 0 Å². The van der Waals surface area contributed by atoms with Crippen molar-refractivity contribution in [2.45, 2.75) is 24.9 Å². The van der Waals surface area contributed by atoms with Gasteiger partial charge in [-0.25, -0.2) is 4.39 Å². The number of benzene rings is 2. The van der Waals surface area contributed by atoms with Gasteiger partial charge in [-0.1, -0.05) is 24.3 Å². The molecule has 0 aromatic heterocycles. The Morgan fingerprint density at radius 1 is 1.28 bits per heavy atom. The number of hydrogen-bond donors (Lipinski definition) is 2. The second kappa shape index (κ2) is 6.15. The van der Waals surface area contributed by atoms with Gasteiger partial charge in [0.2, 0.25) is 5.91 Å². The van der Waals surface area contributed by atoms with Gasteiger partial charge in [0.1, 0.15) is 23.8 Å². The molecule has 0 bridgehead atoms. The summed E-state index contributed by atoms with van der Waals surface area (Å²) in [5.74, 6) is -0.253. The smallest absolute Gasteiger partial charge is 0.227 e. The van der Waals surface area contributed by atoms with Crippen LogP contribution in [0.3, 0.4) is 0 Å². The number of aliphatic hydroxyl groups is 1. The van der Waals surface area contributed by atoms with Gasteiger partial charge in [-0.2, -0.15) is 0 Å². The van der Waals surface area contributed by atoms with Crippen LogP contribution in [-0.4, -0.2) is 24.2 Å². The van der Waals surface area contributed by atoms with E-state index in [0.717, 1.165) is 17.5 Å². The Bertz CT molecular complexity index is 822. The van der Waals surface area contributed by atoms with Crippen LogP contribution in [0.2, 0.25) is 0 Å². The lowest BCUT2D eigenvalue weighted by Gasteiger charge is -2.28. The van der Waals surface area contributed by atoms with Crippen molar-refractivity contribution in [1.82, 2.24) is 5.32 Å². The van der Waals surface area contributed by atoms with Crippen LogP contribution in [0.5, 0.6) is 5.75 Å². The first kappa shape index (κ1) is 16.1. The molecule has 2 aliphatic rings. The van der Waals surface area contributed by atoms with Gasteiger partial charge >= 0.3 is 0 Å². The van der Waals surface area contributed by atoms with Crippen molar-refractivity contribution < 1.29 is 19.0 Å². The Hall–Kier alpha value is -2.40. The molecule has 2 aromatic carbocycles. The molecule has 0 spiro atoms. The summed E-state index contributed by atoms with van der Waals surface area (Å²) < 4.78 is 19.0. The maximum atomic E-state index is 13.4. The summed E-state index contributed by atoms with van der Waals surface area (Å²) in [6.45, 7) is 0.439. The van der Waals surface area contributed by atoms with E-state index in [1.54, 1.807) is 6.07 Å². The molecule has 0 fully saturated rings. The maximum Gasteiger partial charge on any atom is 0.227 e. The molecule has 5 heteroatoms. The fraction of sp³-hybridized carbons (Fsp3) is 0.350.